The molecular weight excluding hydrogens is 256 g/mol. The quantitative estimate of drug-likeness (QED) is 0.776. The van der Waals surface area contributed by atoms with Gasteiger partial charge in [0.05, 0.1) is 12.2 Å². The fourth-order valence-electron chi connectivity index (χ4n) is 3.49. The third-order valence-electron chi connectivity index (χ3n) is 4.76. The van der Waals surface area contributed by atoms with Gasteiger partial charge in [-0.15, -0.1) is 0 Å². The maximum Gasteiger partial charge on any atom is 0.140 e. The van der Waals surface area contributed by atoms with Gasteiger partial charge in [0.25, 0.3) is 0 Å². The molecule has 0 spiro atoms. The van der Waals surface area contributed by atoms with Crippen molar-refractivity contribution >= 4 is 0 Å². The summed E-state index contributed by atoms with van der Waals surface area (Å²) in [6.45, 7) is 0.310. The lowest BCUT2D eigenvalue weighted by atomic mass is 9.86. The molecule has 0 bridgehead atoms. The van der Waals surface area contributed by atoms with Crippen LogP contribution >= 0.6 is 0 Å². The van der Waals surface area contributed by atoms with Gasteiger partial charge < -0.3 is 19.9 Å². The molecule has 5 nitrogen and oxygen atoms in total. The number of nitrogens with zero attached hydrogens (tertiary/aromatic N) is 2. The highest BCUT2D eigenvalue weighted by molar-refractivity contribution is 5.11. The molecule has 3 N–H and O–H groups in total. The van der Waals surface area contributed by atoms with Crippen LogP contribution < -0.4 is 0 Å². The Bertz CT molecular complexity index is 454. The average Bonchev–Trinajstić information content (AvgIpc) is 2.87. The highest BCUT2D eigenvalue weighted by Crippen LogP contribution is 2.29. The first-order chi connectivity index (χ1) is 9.65. The molecule has 0 aromatic carbocycles. The van der Waals surface area contributed by atoms with E-state index in [4.69, 9.17) is 0 Å². The molecule has 20 heavy (non-hydrogen) atoms. The van der Waals surface area contributed by atoms with Crippen molar-refractivity contribution in [1.82, 2.24) is 9.55 Å². The molecule has 2 aliphatic rings. The van der Waals surface area contributed by atoms with Gasteiger partial charge in [-0.05, 0) is 18.8 Å². The Morgan fingerprint density at radius 2 is 1.90 bits per heavy atom. The average molecular weight is 280 g/mol. The van der Waals surface area contributed by atoms with Gasteiger partial charge in [0.2, 0.25) is 0 Å². The summed E-state index contributed by atoms with van der Waals surface area (Å²) in [5, 5.41) is 29.3. The van der Waals surface area contributed by atoms with E-state index < -0.39 is 18.3 Å². The van der Waals surface area contributed by atoms with Crippen LogP contribution in [-0.4, -0.2) is 37.1 Å². The van der Waals surface area contributed by atoms with E-state index in [1.807, 2.05) is 6.20 Å². The molecule has 1 aromatic heterocycles. The van der Waals surface area contributed by atoms with Gasteiger partial charge >= 0.3 is 0 Å². The zero-order valence-corrected chi connectivity index (χ0v) is 11.8. The zero-order chi connectivity index (χ0) is 14.1. The Hall–Kier alpha value is -0.910. The Morgan fingerprint density at radius 3 is 2.65 bits per heavy atom. The van der Waals surface area contributed by atoms with Crippen molar-refractivity contribution in [1.29, 1.82) is 0 Å². The lowest BCUT2D eigenvalue weighted by molar-refractivity contribution is -0.0854. The summed E-state index contributed by atoms with van der Waals surface area (Å²) in [4.78, 5) is 4.44. The number of aromatic nitrogens is 2. The van der Waals surface area contributed by atoms with E-state index in [0.717, 1.165) is 24.5 Å². The SMILES string of the molecule is O[C@H]1[C@@H](O)Cn2cc(CCC3CCCCC3)nc2[C@@H]1O. The summed E-state index contributed by atoms with van der Waals surface area (Å²) in [6, 6.07) is 0. The molecule has 1 aliphatic heterocycles. The molecule has 1 fully saturated rings. The third kappa shape index (κ3) is 2.75. The van der Waals surface area contributed by atoms with Crippen molar-refractivity contribution in [2.45, 2.75) is 69.8 Å². The lowest BCUT2D eigenvalue weighted by Crippen LogP contribution is -2.41. The molecule has 0 radical (unpaired) electrons. The number of aliphatic hydroxyl groups excluding tert-OH is 3. The fourth-order valence-corrected chi connectivity index (χ4v) is 3.49. The van der Waals surface area contributed by atoms with E-state index in [0.29, 0.717) is 12.4 Å². The van der Waals surface area contributed by atoms with Crippen LogP contribution in [0.25, 0.3) is 0 Å². The molecule has 1 aliphatic carbocycles. The van der Waals surface area contributed by atoms with Gasteiger partial charge in [-0.3, -0.25) is 0 Å². The molecule has 5 heteroatoms. The van der Waals surface area contributed by atoms with Crippen molar-refractivity contribution in [3.05, 3.63) is 17.7 Å². The van der Waals surface area contributed by atoms with Gasteiger partial charge in [-0.1, -0.05) is 32.1 Å². The predicted molar refractivity (Wildman–Crippen MR) is 74.1 cm³/mol. The molecular formula is C15H24N2O3. The van der Waals surface area contributed by atoms with Gasteiger partial charge in [0.1, 0.15) is 24.1 Å². The van der Waals surface area contributed by atoms with E-state index in [1.165, 1.54) is 32.1 Å². The number of aliphatic hydroxyl groups is 3. The minimum atomic E-state index is -1.13. The van der Waals surface area contributed by atoms with Crippen molar-refractivity contribution < 1.29 is 15.3 Å². The molecule has 3 atom stereocenters. The van der Waals surface area contributed by atoms with E-state index in [2.05, 4.69) is 4.98 Å². The van der Waals surface area contributed by atoms with Gasteiger partial charge in [0.15, 0.2) is 0 Å². The zero-order valence-electron chi connectivity index (χ0n) is 11.8. The third-order valence-corrected chi connectivity index (χ3v) is 4.76. The molecule has 0 saturated heterocycles. The molecule has 0 unspecified atom stereocenters. The first-order valence-electron chi connectivity index (χ1n) is 7.75. The summed E-state index contributed by atoms with van der Waals surface area (Å²) in [5.41, 5.74) is 0.964. The molecule has 1 saturated carbocycles. The number of hydrogen-bond acceptors (Lipinski definition) is 4. The largest absolute Gasteiger partial charge is 0.388 e. The Balaban J connectivity index is 1.64. The van der Waals surface area contributed by atoms with Crippen molar-refractivity contribution in [2.24, 2.45) is 5.92 Å². The predicted octanol–water partition coefficient (Wildman–Crippen LogP) is 1.16. The summed E-state index contributed by atoms with van der Waals surface area (Å²) in [7, 11) is 0. The maximum atomic E-state index is 9.94. The van der Waals surface area contributed by atoms with Crippen molar-refractivity contribution in [2.75, 3.05) is 0 Å². The Morgan fingerprint density at radius 1 is 1.15 bits per heavy atom. The number of hydrogen-bond donors (Lipinski definition) is 3. The second-order valence-corrected chi connectivity index (χ2v) is 6.29. The molecule has 112 valence electrons. The first kappa shape index (κ1) is 14.0. The molecule has 0 amide bonds. The van der Waals surface area contributed by atoms with E-state index in [9.17, 15) is 15.3 Å². The monoisotopic (exact) mass is 280 g/mol. The Labute approximate surface area is 119 Å². The highest BCUT2D eigenvalue weighted by Gasteiger charge is 2.35. The minimum Gasteiger partial charge on any atom is -0.388 e. The van der Waals surface area contributed by atoms with E-state index in [-0.39, 0.29) is 0 Å². The summed E-state index contributed by atoms with van der Waals surface area (Å²) in [6.07, 6.45) is 7.58. The number of rotatable bonds is 3. The maximum absolute atomic E-state index is 9.94. The van der Waals surface area contributed by atoms with Gasteiger partial charge in [-0.2, -0.15) is 0 Å². The van der Waals surface area contributed by atoms with Crippen LogP contribution in [-0.2, 0) is 13.0 Å². The topological polar surface area (TPSA) is 78.5 Å². The molecule has 1 aromatic rings. The number of aryl methyl sites for hydroxylation is 1. The van der Waals surface area contributed by atoms with Crippen LogP contribution in [0, 0.1) is 5.92 Å². The summed E-state index contributed by atoms with van der Waals surface area (Å²) >= 11 is 0. The van der Waals surface area contributed by atoms with Crippen LogP contribution in [0.2, 0.25) is 0 Å². The lowest BCUT2D eigenvalue weighted by Gasteiger charge is -2.28. The number of imidazole rings is 1. The van der Waals surface area contributed by atoms with Crippen LogP contribution in [0.1, 0.15) is 56.1 Å². The van der Waals surface area contributed by atoms with Crippen LogP contribution in [0.4, 0.5) is 0 Å². The van der Waals surface area contributed by atoms with E-state index in [1.54, 1.807) is 4.57 Å². The summed E-state index contributed by atoms with van der Waals surface area (Å²) in [5.74, 6) is 1.30. The second-order valence-electron chi connectivity index (χ2n) is 6.29. The van der Waals surface area contributed by atoms with Gasteiger partial charge in [-0.25, -0.2) is 4.98 Å². The normalized spacial score (nSPS) is 31.2. The Kier molecular flexibility index (Phi) is 4.10. The first-order valence-corrected chi connectivity index (χ1v) is 7.75. The smallest absolute Gasteiger partial charge is 0.140 e. The van der Waals surface area contributed by atoms with Crippen molar-refractivity contribution in [3.63, 3.8) is 0 Å². The minimum absolute atomic E-state index is 0.310. The standard InChI is InChI=1S/C15H24N2O3/c18-12-9-17-8-11(16-15(17)14(20)13(12)19)7-6-10-4-2-1-3-5-10/h8,10,12-14,18-20H,1-7,9H2/t12-,13-,14+/m0/s1. The van der Waals surface area contributed by atoms with Crippen molar-refractivity contribution in [3.8, 4) is 0 Å². The van der Waals surface area contributed by atoms with Gasteiger partial charge in [0, 0.05) is 6.20 Å². The van der Waals surface area contributed by atoms with Crippen LogP contribution in [0.3, 0.4) is 0 Å². The fraction of sp³-hybridized carbons (Fsp3) is 0.800. The van der Waals surface area contributed by atoms with Crippen LogP contribution in [0.15, 0.2) is 6.20 Å². The second kappa shape index (κ2) is 5.84. The molecule has 3 rings (SSSR count). The number of fused-ring (bicyclic) bond motifs is 1. The summed E-state index contributed by atoms with van der Waals surface area (Å²) < 4.78 is 1.78. The van der Waals surface area contributed by atoms with Crippen LogP contribution in [0.5, 0.6) is 0 Å². The highest BCUT2D eigenvalue weighted by atomic mass is 16.4. The van der Waals surface area contributed by atoms with E-state index >= 15 is 0 Å². The molecule has 2 heterocycles.